The third-order valence-electron chi connectivity index (χ3n) is 0.619. The summed E-state index contributed by atoms with van der Waals surface area (Å²) in [6.07, 6.45) is -4.76. The summed E-state index contributed by atoms with van der Waals surface area (Å²) < 4.78 is 48.9. The molecule has 0 bridgehead atoms. The van der Waals surface area contributed by atoms with Crippen molar-refractivity contribution in [1.82, 2.24) is 0 Å². The number of ketones is 1. The fourth-order valence-corrected chi connectivity index (χ4v) is 0.272. The predicted molar refractivity (Wildman–Crippen MR) is 35.3 cm³/mol. The van der Waals surface area contributed by atoms with E-state index in [0.717, 1.165) is 6.92 Å². The number of rotatable bonds is 1. The molecule has 8 heteroatoms. The molecule has 0 unspecified atom stereocenters. The topological polar surface area (TPSA) is 77.1 Å². The van der Waals surface area contributed by atoms with Gasteiger partial charge in [0.25, 0.3) is 5.78 Å². The Kier molecular flexibility index (Phi) is 20.7. The maximum absolute atomic E-state index is 11.3. The monoisotopic (exact) mass is 313 g/mol. The van der Waals surface area contributed by atoms with Crippen LogP contribution in [0.4, 0.5) is 13.2 Å². The van der Waals surface area contributed by atoms with Crippen LogP contribution in [0.15, 0.2) is 11.8 Å². The first kappa shape index (κ1) is 23.7. The van der Waals surface area contributed by atoms with Crippen LogP contribution in [-0.2, 0) is 33.6 Å². The third kappa shape index (κ3) is 19.5. The quantitative estimate of drug-likeness (QED) is 0.262. The van der Waals surface area contributed by atoms with Gasteiger partial charge in [-0.2, -0.15) is 13.2 Å². The molecule has 0 aromatic carbocycles. The summed E-state index contributed by atoms with van der Waals surface area (Å²) in [4.78, 5) is 9.91. The smallest absolute Gasteiger partial charge is 0 e. The fraction of sp³-hybridized carbons (Fsp3) is 0.286. The normalized spacial score (nSPS) is 9.20. The first-order chi connectivity index (χ1) is 6.34. The number of carbonyl (C=O) groups excluding carboxylic acids is 1. The van der Waals surface area contributed by atoms with Crippen molar-refractivity contribution in [3.8, 4) is 0 Å². The summed E-state index contributed by atoms with van der Waals surface area (Å²) in [5, 5.41) is 8.23. The van der Waals surface area contributed by atoms with E-state index < -0.39 is 17.7 Å². The van der Waals surface area contributed by atoms with E-state index in [1.54, 1.807) is 0 Å². The van der Waals surface area contributed by atoms with Crippen LogP contribution in [0.2, 0.25) is 0 Å². The van der Waals surface area contributed by atoms with E-state index in [2.05, 4.69) is 13.3 Å². The van der Waals surface area contributed by atoms with Crippen molar-refractivity contribution in [2.24, 2.45) is 0 Å². The molecule has 0 heterocycles. The number of carbonyl (C=O) groups is 1. The van der Waals surface area contributed by atoms with Crippen molar-refractivity contribution in [3.63, 3.8) is 0 Å². The molecule has 0 saturated heterocycles. The van der Waals surface area contributed by atoms with Gasteiger partial charge in [0.05, 0.1) is 5.76 Å². The van der Waals surface area contributed by atoms with Gasteiger partial charge in [-0.1, -0.05) is 0 Å². The van der Waals surface area contributed by atoms with Gasteiger partial charge in [0, 0.05) is 25.6 Å². The van der Waals surface area contributed by atoms with Crippen molar-refractivity contribution in [2.75, 3.05) is 0 Å². The molecule has 0 aliphatic carbocycles. The Bertz CT molecular complexity index is 232. The van der Waals surface area contributed by atoms with E-state index in [1.165, 1.54) is 0 Å². The van der Waals surface area contributed by atoms with E-state index in [9.17, 15) is 18.0 Å². The van der Waals surface area contributed by atoms with E-state index in [-0.39, 0.29) is 25.6 Å². The maximum atomic E-state index is 11.3. The average Bonchev–Trinajstić information content (AvgIpc) is 2.09. The van der Waals surface area contributed by atoms with Crippen LogP contribution < -0.4 is 0 Å². The van der Waals surface area contributed by atoms with Crippen LogP contribution in [0.3, 0.4) is 0 Å². The van der Waals surface area contributed by atoms with Crippen molar-refractivity contribution < 1.29 is 51.9 Å². The summed E-state index contributed by atoms with van der Waals surface area (Å²) >= 11 is 0. The summed E-state index contributed by atoms with van der Waals surface area (Å²) in [7, 11) is 0. The van der Waals surface area contributed by atoms with Gasteiger partial charge in [-0.15, -0.1) is 0 Å². The molecule has 87 valence electrons. The predicted octanol–water partition coefficient (Wildman–Crippen LogP) is 1.50. The molecule has 1 N–H and O–H groups in total. The summed E-state index contributed by atoms with van der Waals surface area (Å²) in [6, 6.07) is 0. The minimum absolute atomic E-state index is 0. The minimum Gasteiger partial charge on any atom is 0 e. The Hall–Kier alpha value is -0.897. The summed E-state index contributed by atoms with van der Waals surface area (Å²) in [5.74, 6) is -2.70. The largest absolute Gasteiger partial charge is 0 e. The standard InChI is InChI=1S/C5H5F3O2.2CO.Rh/c1-3(9)2-4(10)5(6,7)8;2*1-2;/h2,9H,1H3;;;/b3-2-;;;. The fourth-order valence-electron chi connectivity index (χ4n) is 0.272. The second kappa shape index (κ2) is 13.1. The van der Waals surface area contributed by atoms with Crippen molar-refractivity contribution in [2.45, 2.75) is 13.1 Å². The van der Waals surface area contributed by atoms with Crippen molar-refractivity contribution in [3.05, 3.63) is 25.1 Å². The molecular weight excluding hydrogens is 308 g/mol. The van der Waals surface area contributed by atoms with Crippen LogP contribution in [0.1, 0.15) is 6.92 Å². The van der Waals surface area contributed by atoms with E-state index in [0.29, 0.717) is 0 Å². The molecule has 0 amide bonds. The first-order valence-corrected chi connectivity index (χ1v) is 2.73. The number of aliphatic hydroxyl groups excluding tert-OH is 1. The second-order valence-electron chi connectivity index (χ2n) is 1.65. The minimum atomic E-state index is -4.88. The first-order valence-electron chi connectivity index (χ1n) is 2.73. The Labute approximate surface area is 96.3 Å². The zero-order valence-corrected chi connectivity index (χ0v) is 8.86. The van der Waals surface area contributed by atoms with E-state index in [1.807, 2.05) is 0 Å². The zero-order chi connectivity index (χ0) is 12.4. The van der Waals surface area contributed by atoms with Gasteiger partial charge in [0.1, 0.15) is 0 Å². The van der Waals surface area contributed by atoms with E-state index in [4.69, 9.17) is 14.4 Å². The molecule has 0 saturated carbocycles. The third-order valence-corrected chi connectivity index (χ3v) is 0.619. The summed E-state index contributed by atoms with van der Waals surface area (Å²) in [6.45, 7) is 9.99. The molecule has 0 aromatic rings. The molecule has 0 aliphatic heterocycles. The number of halogens is 3. The summed E-state index contributed by atoms with van der Waals surface area (Å²) in [5.41, 5.74) is 0. The molecule has 0 aromatic heterocycles. The molecule has 1 radical (unpaired) electrons. The Balaban J connectivity index is -0.000000107. The van der Waals surface area contributed by atoms with Crippen molar-refractivity contribution in [1.29, 1.82) is 0 Å². The molecule has 4 nitrogen and oxygen atoms in total. The second-order valence-corrected chi connectivity index (χ2v) is 1.65. The molecular formula is C7H5F3O4Rh. The van der Waals surface area contributed by atoms with Gasteiger partial charge in [0.2, 0.25) is 0 Å². The SMILES string of the molecule is C/C(O)=C/C(=O)C(F)(F)F.[C-]#[O+].[C-]#[O+].[Rh]. The van der Waals surface area contributed by atoms with Crippen molar-refractivity contribution >= 4 is 5.78 Å². The van der Waals surface area contributed by atoms with Crippen LogP contribution in [0.25, 0.3) is 0 Å². The molecule has 0 spiro atoms. The molecule has 0 rings (SSSR count). The van der Waals surface area contributed by atoms with Gasteiger partial charge in [0.15, 0.2) is 0 Å². The van der Waals surface area contributed by atoms with Gasteiger partial charge in [-0.25, -0.2) is 0 Å². The number of hydrogen-bond donors (Lipinski definition) is 1. The average molecular weight is 313 g/mol. The maximum Gasteiger partial charge on any atom is 0 e. The number of allylic oxidation sites excluding steroid dienone is 2. The molecule has 15 heavy (non-hydrogen) atoms. The number of alkyl halides is 3. The van der Waals surface area contributed by atoms with Gasteiger partial charge >= 0.3 is 28.8 Å². The Morgan fingerprint density at radius 2 is 1.53 bits per heavy atom. The number of aliphatic hydroxyl groups is 1. The van der Waals surface area contributed by atoms with Crippen LogP contribution >= 0.6 is 0 Å². The van der Waals surface area contributed by atoms with Crippen LogP contribution in [0, 0.1) is 13.3 Å². The molecule has 0 atom stereocenters. The Morgan fingerprint density at radius 3 is 1.60 bits per heavy atom. The number of hydrogen-bond acceptors (Lipinski definition) is 2. The van der Waals surface area contributed by atoms with Gasteiger partial charge < -0.3 is 5.11 Å². The van der Waals surface area contributed by atoms with Crippen LogP contribution in [-0.4, -0.2) is 17.1 Å². The molecule has 0 aliphatic rings. The Morgan fingerprint density at radius 1 is 1.27 bits per heavy atom. The van der Waals surface area contributed by atoms with E-state index >= 15 is 0 Å². The van der Waals surface area contributed by atoms with Crippen LogP contribution in [0.5, 0.6) is 0 Å². The van der Waals surface area contributed by atoms with Gasteiger partial charge in [-0.05, 0) is 6.92 Å². The zero-order valence-electron chi connectivity index (χ0n) is 7.22. The van der Waals surface area contributed by atoms with Gasteiger partial charge in [-0.3, -0.25) is 4.79 Å². The molecule has 0 fully saturated rings.